The summed E-state index contributed by atoms with van der Waals surface area (Å²) in [5, 5.41) is 9.52. The molecule has 0 spiro atoms. The molecule has 0 radical (unpaired) electrons. The molecule has 4 aromatic rings. The lowest BCUT2D eigenvalue weighted by molar-refractivity contribution is 0.481. The van der Waals surface area contributed by atoms with E-state index in [4.69, 9.17) is 4.74 Å². The van der Waals surface area contributed by atoms with Gasteiger partial charge in [0.2, 0.25) is 10.0 Å². The summed E-state index contributed by atoms with van der Waals surface area (Å²) in [6.45, 7) is 4.00. The summed E-state index contributed by atoms with van der Waals surface area (Å²) in [5.74, 6) is 1.87. The van der Waals surface area contributed by atoms with Crippen LogP contribution < -0.4 is 9.46 Å². The molecule has 0 atom stereocenters. The summed E-state index contributed by atoms with van der Waals surface area (Å²) in [7, 11) is -3.35. The van der Waals surface area contributed by atoms with Crippen LogP contribution in [0.15, 0.2) is 66.7 Å². The van der Waals surface area contributed by atoms with E-state index in [1.807, 2.05) is 50.2 Å². The second-order valence-corrected chi connectivity index (χ2v) is 8.57. The Labute approximate surface area is 187 Å². The molecule has 8 heteroatoms. The number of nitrogens with zero attached hydrogens (tertiary/aromatic N) is 2. The molecule has 0 aliphatic carbocycles. The third-order valence-corrected chi connectivity index (χ3v) is 4.95. The maximum Gasteiger partial charge on any atom is 0.229 e. The van der Waals surface area contributed by atoms with Crippen molar-refractivity contribution >= 4 is 26.7 Å². The van der Waals surface area contributed by atoms with Crippen molar-refractivity contribution in [3.05, 3.63) is 83.7 Å². The third-order valence-electron chi connectivity index (χ3n) is 4.34. The Hall–Kier alpha value is -3.83. The minimum absolute atomic E-state index is 0.437. The molecule has 2 N–H and O–H groups in total. The summed E-state index contributed by atoms with van der Waals surface area (Å²) in [4.78, 5) is 7.75. The van der Waals surface area contributed by atoms with Gasteiger partial charge in [0, 0.05) is 6.42 Å². The zero-order valence-electron chi connectivity index (χ0n) is 18.1. The fourth-order valence-corrected chi connectivity index (χ4v) is 3.65. The van der Waals surface area contributed by atoms with E-state index in [1.165, 1.54) is 0 Å². The number of fused-ring (bicyclic) bond motifs is 1. The molecule has 164 valence electrons. The van der Waals surface area contributed by atoms with E-state index in [0.29, 0.717) is 35.0 Å². The van der Waals surface area contributed by atoms with Gasteiger partial charge in [-0.25, -0.2) is 13.4 Å². The average molecular weight is 449 g/mol. The topological polar surface area (TPSA) is 108 Å². The second-order valence-electron chi connectivity index (χ2n) is 6.82. The number of ether oxygens (including phenoxy) is 1. The third kappa shape index (κ3) is 5.86. The van der Waals surface area contributed by atoms with E-state index < -0.39 is 10.0 Å². The Morgan fingerprint density at radius 3 is 2.50 bits per heavy atom. The Morgan fingerprint density at radius 2 is 1.81 bits per heavy atom. The number of anilines is 1. The predicted molar refractivity (Wildman–Crippen MR) is 126 cm³/mol. The number of para-hydroxylation sites is 1. The Bertz CT molecular complexity index is 1360. The van der Waals surface area contributed by atoms with Crippen LogP contribution in [0.1, 0.15) is 30.8 Å². The smallest absolute Gasteiger partial charge is 0.229 e. The molecule has 0 bridgehead atoms. The number of benzene rings is 3. The fourth-order valence-electron chi connectivity index (χ4n) is 3.10. The van der Waals surface area contributed by atoms with Crippen molar-refractivity contribution in [1.82, 2.24) is 9.97 Å². The first kappa shape index (κ1) is 22.8. The molecule has 0 unspecified atom stereocenters. The van der Waals surface area contributed by atoms with Crippen LogP contribution in [0.5, 0.6) is 11.5 Å². The highest BCUT2D eigenvalue weighted by Crippen LogP contribution is 2.27. The van der Waals surface area contributed by atoms with Gasteiger partial charge in [0.05, 0.1) is 28.5 Å². The summed E-state index contributed by atoms with van der Waals surface area (Å²) in [6.07, 6.45) is 1.59. The monoisotopic (exact) mass is 448 g/mol. The van der Waals surface area contributed by atoms with Crippen LogP contribution in [0.4, 0.5) is 5.69 Å². The molecule has 0 fully saturated rings. The van der Waals surface area contributed by atoms with Crippen LogP contribution >= 0.6 is 0 Å². The van der Waals surface area contributed by atoms with Crippen LogP contribution in [-0.4, -0.2) is 24.6 Å². The highest BCUT2D eigenvalue weighted by atomic mass is 32.2. The lowest BCUT2D eigenvalue weighted by Gasteiger charge is -2.08. The zero-order chi connectivity index (χ0) is 23.1. The van der Waals surface area contributed by atoms with Gasteiger partial charge < -0.3 is 9.72 Å². The SMILES string of the molecule is CC.CS(=O)(=O)Nc1ccc2nc(Cc3ccc(Oc4ccccc4)c(C#N)c3)[nH]c2c1. The van der Waals surface area contributed by atoms with Crippen molar-refractivity contribution in [3.63, 3.8) is 0 Å². The van der Waals surface area contributed by atoms with Crippen molar-refractivity contribution < 1.29 is 13.2 Å². The van der Waals surface area contributed by atoms with Gasteiger partial charge in [-0.05, 0) is 48.0 Å². The summed E-state index contributed by atoms with van der Waals surface area (Å²) >= 11 is 0. The van der Waals surface area contributed by atoms with Crippen molar-refractivity contribution in [1.29, 1.82) is 5.26 Å². The maximum atomic E-state index is 11.4. The van der Waals surface area contributed by atoms with E-state index in [0.717, 1.165) is 22.9 Å². The van der Waals surface area contributed by atoms with E-state index in [9.17, 15) is 13.7 Å². The van der Waals surface area contributed by atoms with Crippen LogP contribution in [-0.2, 0) is 16.4 Å². The number of nitrogens with one attached hydrogen (secondary N) is 2. The average Bonchev–Trinajstić information content (AvgIpc) is 3.17. The van der Waals surface area contributed by atoms with Gasteiger partial charge >= 0.3 is 0 Å². The second kappa shape index (κ2) is 9.98. The highest BCUT2D eigenvalue weighted by molar-refractivity contribution is 7.92. The number of hydrogen-bond donors (Lipinski definition) is 2. The summed E-state index contributed by atoms with van der Waals surface area (Å²) in [5.41, 5.74) is 3.26. The van der Waals surface area contributed by atoms with Gasteiger partial charge in [-0.2, -0.15) is 5.26 Å². The normalized spacial score (nSPS) is 10.7. The van der Waals surface area contributed by atoms with Gasteiger partial charge in [0.15, 0.2) is 0 Å². The van der Waals surface area contributed by atoms with Crippen LogP contribution in [0.3, 0.4) is 0 Å². The molecule has 3 aromatic carbocycles. The maximum absolute atomic E-state index is 11.4. The highest BCUT2D eigenvalue weighted by Gasteiger charge is 2.10. The molecule has 32 heavy (non-hydrogen) atoms. The number of imidazole rings is 1. The van der Waals surface area contributed by atoms with E-state index in [-0.39, 0.29) is 0 Å². The molecule has 0 aliphatic heterocycles. The molecule has 0 saturated heterocycles. The van der Waals surface area contributed by atoms with Crippen molar-refractivity contribution in [2.45, 2.75) is 20.3 Å². The van der Waals surface area contributed by atoms with Gasteiger partial charge in [0.1, 0.15) is 23.4 Å². The first-order valence-corrected chi connectivity index (χ1v) is 12.0. The lowest BCUT2D eigenvalue weighted by atomic mass is 10.1. The number of nitriles is 1. The van der Waals surface area contributed by atoms with Crippen molar-refractivity contribution in [3.8, 4) is 17.6 Å². The molecule has 0 amide bonds. The van der Waals surface area contributed by atoms with Gasteiger partial charge in [-0.3, -0.25) is 4.72 Å². The molecule has 1 aromatic heterocycles. The van der Waals surface area contributed by atoms with E-state index >= 15 is 0 Å². The summed E-state index contributed by atoms with van der Waals surface area (Å²) in [6, 6.07) is 22.0. The number of sulfonamides is 1. The number of aromatic amines is 1. The van der Waals surface area contributed by atoms with Crippen LogP contribution in [0.2, 0.25) is 0 Å². The van der Waals surface area contributed by atoms with E-state index in [2.05, 4.69) is 20.8 Å². The molecule has 4 rings (SSSR count). The van der Waals surface area contributed by atoms with Gasteiger partial charge in [0.25, 0.3) is 0 Å². The van der Waals surface area contributed by atoms with Gasteiger partial charge in [-0.15, -0.1) is 0 Å². The summed E-state index contributed by atoms with van der Waals surface area (Å²) < 4.78 is 31.1. The standard InChI is InChI=1S/C22H18N4O3S.C2H6/c1-30(27,28)26-17-8-9-19-20(13-17)25-22(24-19)12-15-7-10-21(16(11-15)14-23)29-18-5-3-2-4-6-18;1-2/h2-11,13,26H,12H2,1H3,(H,24,25);1-2H3. The lowest BCUT2D eigenvalue weighted by Crippen LogP contribution is -2.09. The Kier molecular flexibility index (Phi) is 7.13. The van der Waals surface area contributed by atoms with E-state index in [1.54, 1.807) is 30.3 Å². The van der Waals surface area contributed by atoms with Crippen molar-refractivity contribution in [2.75, 3.05) is 11.0 Å². The Morgan fingerprint density at radius 1 is 1.06 bits per heavy atom. The quantitative estimate of drug-likeness (QED) is 0.421. The van der Waals surface area contributed by atoms with Gasteiger partial charge in [-0.1, -0.05) is 38.1 Å². The minimum Gasteiger partial charge on any atom is -0.456 e. The number of H-pyrrole nitrogens is 1. The number of rotatable bonds is 6. The number of aromatic nitrogens is 2. The minimum atomic E-state index is -3.35. The first-order valence-electron chi connectivity index (χ1n) is 10.1. The largest absolute Gasteiger partial charge is 0.456 e. The molecular formula is C24H24N4O3S. The molecule has 0 aliphatic rings. The van der Waals surface area contributed by atoms with Crippen molar-refractivity contribution in [2.24, 2.45) is 0 Å². The fraction of sp³-hybridized carbons (Fsp3) is 0.167. The zero-order valence-corrected chi connectivity index (χ0v) is 18.9. The predicted octanol–water partition coefficient (Wildman–Crippen LogP) is 5.22. The van der Waals surface area contributed by atoms with Crippen LogP contribution in [0.25, 0.3) is 11.0 Å². The Balaban J connectivity index is 0.00000141. The molecule has 0 saturated carbocycles. The molecule has 1 heterocycles. The molecular weight excluding hydrogens is 424 g/mol. The first-order chi connectivity index (χ1) is 15.4. The van der Waals surface area contributed by atoms with Crippen LogP contribution in [0, 0.1) is 11.3 Å². The number of hydrogen-bond acceptors (Lipinski definition) is 5. The molecule has 7 nitrogen and oxygen atoms in total.